The van der Waals surface area contributed by atoms with Gasteiger partial charge in [-0.15, -0.1) is 0 Å². The van der Waals surface area contributed by atoms with Gasteiger partial charge in [-0.3, -0.25) is 4.79 Å². The van der Waals surface area contributed by atoms with Gasteiger partial charge >= 0.3 is 5.97 Å². The number of nitrogens with zero attached hydrogens (tertiary/aromatic N) is 1. The molecule has 0 saturated heterocycles. The zero-order valence-electron chi connectivity index (χ0n) is 10.4. The lowest BCUT2D eigenvalue weighted by Gasteiger charge is -2.28. The van der Waals surface area contributed by atoms with Crippen molar-refractivity contribution in [1.82, 2.24) is 0 Å². The fraction of sp³-hybridized carbons (Fsp3) is 0.333. The summed E-state index contributed by atoms with van der Waals surface area (Å²) in [4.78, 5) is 16.8. The van der Waals surface area contributed by atoms with E-state index in [9.17, 15) is 4.79 Å². The average Bonchev–Trinajstić information content (AvgIpc) is 3.03. The fourth-order valence-electron chi connectivity index (χ4n) is 3.37. The number of allylic oxidation sites excluding steroid dienone is 1. The highest BCUT2D eigenvalue weighted by Crippen LogP contribution is 2.47. The van der Waals surface area contributed by atoms with Gasteiger partial charge in [-0.05, 0) is 30.5 Å². The van der Waals surface area contributed by atoms with Crippen molar-refractivity contribution in [2.45, 2.75) is 12.5 Å². The molecule has 3 aliphatic rings. The summed E-state index contributed by atoms with van der Waals surface area (Å²) in [5, 5.41) is 0.900. The third kappa shape index (κ3) is 1.73. The van der Waals surface area contributed by atoms with Crippen LogP contribution in [-0.4, -0.2) is 17.9 Å². The molecule has 1 aromatic carbocycles. The number of carbonyl (C=O) groups is 1. The van der Waals surface area contributed by atoms with Gasteiger partial charge < -0.3 is 4.74 Å². The van der Waals surface area contributed by atoms with Crippen molar-refractivity contribution < 1.29 is 9.53 Å². The predicted molar refractivity (Wildman–Crippen MR) is 77.1 cm³/mol. The molecular weight excluding hydrogens is 297 g/mol. The SMILES string of the molecule is O=C1OC(c2ccc(Cl)c(Cl)c2)=N[C@@H]2[C@H]1[C@H]1C=C[C@@H]2C1. The Morgan fingerprint density at radius 2 is 1.95 bits per heavy atom. The van der Waals surface area contributed by atoms with Crippen molar-refractivity contribution in [2.75, 3.05) is 0 Å². The molecule has 0 radical (unpaired) electrons. The van der Waals surface area contributed by atoms with Crippen LogP contribution in [0.15, 0.2) is 35.3 Å². The predicted octanol–water partition coefficient (Wildman–Crippen LogP) is 3.49. The number of esters is 1. The minimum absolute atomic E-state index is 0.00991. The van der Waals surface area contributed by atoms with Crippen LogP contribution in [-0.2, 0) is 9.53 Å². The van der Waals surface area contributed by atoms with Crippen LogP contribution < -0.4 is 0 Å². The molecule has 0 N–H and O–H groups in total. The highest BCUT2D eigenvalue weighted by atomic mass is 35.5. The van der Waals surface area contributed by atoms with Crippen molar-refractivity contribution in [3.05, 3.63) is 46.0 Å². The monoisotopic (exact) mass is 307 g/mol. The minimum Gasteiger partial charge on any atom is -0.407 e. The number of aliphatic imine (C=N–C) groups is 1. The maximum Gasteiger partial charge on any atom is 0.318 e. The molecule has 20 heavy (non-hydrogen) atoms. The molecule has 0 unspecified atom stereocenters. The van der Waals surface area contributed by atoms with Gasteiger partial charge in [-0.1, -0.05) is 35.4 Å². The van der Waals surface area contributed by atoms with E-state index in [4.69, 9.17) is 27.9 Å². The number of hydrogen-bond donors (Lipinski definition) is 0. The lowest BCUT2D eigenvalue weighted by molar-refractivity contribution is -0.142. The molecule has 5 heteroatoms. The van der Waals surface area contributed by atoms with Gasteiger partial charge in [0.25, 0.3) is 0 Å². The summed E-state index contributed by atoms with van der Waals surface area (Å²) in [7, 11) is 0. The number of hydrogen-bond acceptors (Lipinski definition) is 3. The van der Waals surface area contributed by atoms with E-state index in [1.807, 2.05) is 0 Å². The standard InChI is InChI=1S/C15H11Cl2NO2/c16-10-4-3-9(6-11(10)17)14-18-13-8-2-1-7(5-8)12(13)15(19)20-14/h1-4,6-8,12-13H,5H2/t7-,8+,12+,13-/m0/s1. The molecule has 2 aliphatic carbocycles. The van der Waals surface area contributed by atoms with Crippen LogP contribution >= 0.6 is 23.2 Å². The molecule has 1 fully saturated rings. The second-order valence-corrected chi connectivity index (χ2v) is 6.26. The van der Waals surface area contributed by atoms with Gasteiger partial charge in [0.15, 0.2) is 0 Å². The Bertz CT molecular complexity index is 668. The summed E-state index contributed by atoms with van der Waals surface area (Å²) in [6, 6.07) is 5.14. The Morgan fingerprint density at radius 3 is 2.75 bits per heavy atom. The summed E-state index contributed by atoms with van der Waals surface area (Å²) in [5.41, 5.74) is 0.693. The van der Waals surface area contributed by atoms with Gasteiger partial charge in [0.1, 0.15) is 0 Å². The minimum atomic E-state index is -0.178. The molecule has 3 nitrogen and oxygen atoms in total. The van der Waals surface area contributed by atoms with E-state index in [1.54, 1.807) is 18.2 Å². The summed E-state index contributed by atoms with van der Waals surface area (Å²) in [6.07, 6.45) is 5.29. The first kappa shape index (κ1) is 12.4. The van der Waals surface area contributed by atoms with Crippen molar-refractivity contribution in [3.63, 3.8) is 0 Å². The first-order valence-corrected chi connectivity index (χ1v) is 7.32. The van der Waals surface area contributed by atoms with E-state index in [0.29, 0.717) is 27.4 Å². The van der Waals surface area contributed by atoms with Crippen molar-refractivity contribution in [2.24, 2.45) is 22.7 Å². The van der Waals surface area contributed by atoms with Gasteiger partial charge in [0, 0.05) is 11.5 Å². The summed E-state index contributed by atoms with van der Waals surface area (Å²) < 4.78 is 5.41. The smallest absolute Gasteiger partial charge is 0.318 e. The normalized spacial score (nSPS) is 33.9. The molecule has 4 atom stereocenters. The number of carbonyl (C=O) groups excluding carboxylic acids is 1. The van der Waals surface area contributed by atoms with Crippen LogP contribution in [0, 0.1) is 17.8 Å². The second kappa shape index (κ2) is 4.34. The number of rotatable bonds is 1. The van der Waals surface area contributed by atoms with Crippen LogP contribution in [0.2, 0.25) is 10.0 Å². The van der Waals surface area contributed by atoms with Gasteiger partial charge in [0.05, 0.1) is 22.0 Å². The van der Waals surface area contributed by atoms with Crippen LogP contribution in [0.3, 0.4) is 0 Å². The van der Waals surface area contributed by atoms with Crippen LogP contribution in [0.25, 0.3) is 0 Å². The Labute approximate surface area is 126 Å². The van der Waals surface area contributed by atoms with Crippen molar-refractivity contribution in [1.29, 1.82) is 0 Å². The molecule has 102 valence electrons. The van der Waals surface area contributed by atoms with Gasteiger partial charge in [0.2, 0.25) is 5.90 Å². The Hall–Kier alpha value is -1.32. The zero-order chi connectivity index (χ0) is 13.9. The third-order valence-corrected chi connectivity index (χ3v) is 5.06. The molecular formula is C15H11Cl2NO2. The van der Waals surface area contributed by atoms with Crippen molar-refractivity contribution in [3.8, 4) is 0 Å². The summed E-state index contributed by atoms with van der Waals surface area (Å²) >= 11 is 11.9. The first-order chi connectivity index (χ1) is 9.63. The Morgan fingerprint density at radius 1 is 1.15 bits per heavy atom. The molecule has 0 aromatic heterocycles. The van der Waals surface area contributed by atoms with Gasteiger partial charge in [-0.25, -0.2) is 4.99 Å². The van der Waals surface area contributed by atoms with Crippen LogP contribution in [0.4, 0.5) is 0 Å². The maximum absolute atomic E-state index is 12.2. The molecule has 0 amide bonds. The van der Waals surface area contributed by atoms with E-state index in [0.717, 1.165) is 6.42 Å². The fourth-order valence-corrected chi connectivity index (χ4v) is 3.67. The highest BCUT2D eigenvalue weighted by Gasteiger charge is 2.51. The highest BCUT2D eigenvalue weighted by molar-refractivity contribution is 6.42. The molecule has 0 spiro atoms. The molecule has 1 aliphatic heterocycles. The van der Waals surface area contributed by atoms with E-state index in [2.05, 4.69) is 17.1 Å². The van der Waals surface area contributed by atoms with E-state index in [1.165, 1.54) is 0 Å². The first-order valence-electron chi connectivity index (χ1n) is 6.57. The summed E-state index contributed by atoms with van der Waals surface area (Å²) in [5.74, 6) is 0.711. The second-order valence-electron chi connectivity index (χ2n) is 5.45. The Kier molecular flexibility index (Phi) is 2.69. The van der Waals surface area contributed by atoms with E-state index in [-0.39, 0.29) is 23.8 Å². The third-order valence-electron chi connectivity index (χ3n) is 4.32. The summed E-state index contributed by atoms with van der Waals surface area (Å²) in [6.45, 7) is 0. The van der Waals surface area contributed by atoms with E-state index < -0.39 is 0 Å². The van der Waals surface area contributed by atoms with Crippen LogP contribution in [0.1, 0.15) is 12.0 Å². The lowest BCUT2D eigenvalue weighted by Crippen LogP contribution is -2.38. The quantitative estimate of drug-likeness (QED) is 0.588. The largest absolute Gasteiger partial charge is 0.407 e. The number of cyclic esters (lactones) is 1. The molecule has 2 bridgehead atoms. The average molecular weight is 308 g/mol. The molecule has 1 heterocycles. The number of fused-ring (bicyclic) bond motifs is 5. The number of halogens is 2. The number of ether oxygens (including phenoxy) is 1. The topological polar surface area (TPSA) is 38.7 Å². The molecule has 1 aromatic rings. The number of benzene rings is 1. The maximum atomic E-state index is 12.2. The molecule has 1 saturated carbocycles. The van der Waals surface area contributed by atoms with Crippen LogP contribution in [0.5, 0.6) is 0 Å². The van der Waals surface area contributed by atoms with E-state index >= 15 is 0 Å². The Balaban J connectivity index is 1.74. The molecule has 4 rings (SSSR count). The zero-order valence-corrected chi connectivity index (χ0v) is 11.9. The van der Waals surface area contributed by atoms with Crippen molar-refractivity contribution >= 4 is 35.1 Å². The lowest BCUT2D eigenvalue weighted by atomic mass is 9.88. The van der Waals surface area contributed by atoms with Gasteiger partial charge in [-0.2, -0.15) is 0 Å².